The molecule has 0 bridgehead atoms. The monoisotopic (exact) mass is 222 g/mol. The van der Waals surface area contributed by atoms with Crippen molar-refractivity contribution in [3.63, 3.8) is 0 Å². The van der Waals surface area contributed by atoms with Crippen LogP contribution in [0.5, 0.6) is 0 Å². The quantitative estimate of drug-likeness (QED) is 0.682. The second-order valence-corrected chi connectivity index (χ2v) is 5.66. The lowest BCUT2D eigenvalue weighted by Gasteiger charge is -2.37. The summed E-state index contributed by atoms with van der Waals surface area (Å²) in [4.78, 5) is 11.5. The molecule has 0 aromatic carbocycles. The van der Waals surface area contributed by atoms with Gasteiger partial charge in [0, 0.05) is 5.57 Å². The molecule has 0 N–H and O–H groups in total. The number of esters is 1. The van der Waals surface area contributed by atoms with Gasteiger partial charge in [-0.1, -0.05) is 26.7 Å². The average Bonchev–Trinajstić information content (AvgIpc) is 2.51. The first-order chi connectivity index (χ1) is 7.56. The van der Waals surface area contributed by atoms with Gasteiger partial charge in [-0.05, 0) is 43.6 Å². The SMILES string of the molecule is CCCCC1(C)CCC2=C(C)C(=O)OC2C1. The van der Waals surface area contributed by atoms with Gasteiger partial charge < -0.3 is 4.74 Å². The third-order valence-corrected chi connectivity index (χ3v) is 4.24. The third kappa shape index (κ3) is 2.02. The third-order valence-electron chi connectivity index (χ3n) is 4.24. The Balaban J connectivity index is 2.05. The van der Waals surface area contributed by atoms with Crippen LogP contribution in [0.1, 0.15) is 59.3 Å². The van der Waals surface area contributed by atoms with Crippen molar-refractivity contribution < 1.29 is 9.53 Å². The number of ether oxygens (including phenoxy) is 1. The highest BCUT2D eigenvalue weighted by molar-refractivity contribution is 5.91. The highest BCUT2D eigenvalue weighted by Crippen LogP contribution is 2.46. The van der Waals surface area contributed by atoms with Crippen molar-refractivity contribution in [1.82, 2.24) is 0 Å². The van der Waals surface area contributed by atoms with Gasteiger partial charge in [-0.3, -0.25) is 0 Å². The molecule has 2 nitrogen and oxygen atoms in total. The van der Waals surface area contributed by atoms with E-state index in [1.165, 1.54) is 31.3 Å². The van der Waals surface area contributed by atoms with E-state index in [-0.39, 0.29) is 12.1 Å². The van der Waals surface area contributed by atoms with Crippen LogP contribution in [0.25, 0.3) is 0 Å². The molecular weight excluding hydrogens is 200 g/mol. The predicted molar refractivity (Wildman–Crippen MR) is 64.1 cm³/mol. The van der Waals surface area contributed by atoms with Gasteiger partial charge in [0.2, 0.25) is 0 Å². The van der Waals surface area contributed by atoms with Gasteiger partial charge in [0.1, 0.15) is 6.10 Å². The molecule has 2 heteroatoms. The van der Waals surface area contributed by atoms with Crippen LogP contribution in [0, 0.1) is 5.41 Å². The molecule has 2 aliphatic rings. The molecule has 0 saturated heterocycles. The zero-order valence-corrected chi connectivity index (χ0v) is 10.6. The number of carbonyl (C=O) groups excluding carboxylic acids is 1. The molecule has 1 saturated carbocycles. The summed E-state index contributed by atoms with van der Waals surface area (Å²) >= 11 is 0. The van der Waals surface area contributed by atoms with Crippen molar-refractivity contribution in [2.75, 3.05) is 0 Å². The fourth-order valence-electron chi connectivity index (χ4n) is 2.99. The van der Waals surface area contributed by atoms with Crippen LogP contribution in [0.4, 0.5) is 0 Å². The summed E-state index contributed by atoms with van der Waals surface area (Å²) in [5, 5.41) is 0. The fourth-order valence-corrected chi connectivity index (χ4v) is 2.99. The molecule has 16 heavy (non-hydrogen) atoms. The van der Waals surface area contributed by atoms with E-state index in [1.807, 2.05) is 6.92 Å². The van der Waals surface area contributed by atoms with Crippen LogP contribution >= 0.6 is 0 Å². The van der Waals surface area contributed by atoms with E-state index < -0.39 is 0 Å². The summed E-state index contributed by atoms with van der Waals surface area (Å²) in [5.74, 6) is -0.0836. The van der Waals surface area contributed by atoms with Crippen molar-refractivity contribution in [3.05, 3.63) is 11.1 Å². The van der Waals surface area contributed by atoms with Crippen LogP contribution in [-0.4, -0.2) is 12.1 Å². The van der Waals surface area contributed by atoms with Crippen molar-refractivity contribution in [3.8, 4) is 0 Å². The Kier molecular flexibility index (Phi) is 3.09. The lowest BCUT2D eigenvalue weighted by Crippen LogP contribution is -2.30. The van der Waals surface area contributed by atoms with Gasteiger partial charge in [-0.2, -0.15) is 0 Å². The van der Waals surface area contributed by atoms with E-state index in [2.05, 4.69) is 13.8 Å². The zero-order valence-electron chi connectivity index (χ0n) is 10.6. The minimum atomic E-state index is -0.0836. The Hall–Kier alpha value is -0.790. The summed E-state index contributed by atoms with van der Waals surface area (Å²) in [5.41, 5.74) is 2.54. The fraction of sp³-hybridized carbons (Fsp3) is 0.786. The molecule has 1 fully saturated rings. The number of hydrogen-bond acceptors (Lipinski definition) is 2. The van der Waals surface area contributed by atoms with Crippen LogP contribution in [-0.2, 0) is 9.53 Å². The molecular formula is C14H22O2. The molecule has 0 amide bonds. The Morgan fingerprint density at radius 3 is 2.94 bits per heavy atom. The lowest BCUT2D eigenvalue weighted by atomic mass is 9.69. The molecule has 2 unspecified atom stereocenters. The highest BCUT2D eigenvalue weighted by Gasteiger charge is 2.41. The summed E-state index contributed by atoms with van der Waals surface area (Å²) in [7, 11) is 0. The number of fused-ring (bicyclic) bond motifs is 1. The standard InChI is InChI=1S/C14H22O2/c1-4-5-7-14(3)8-6-11-10(2)13(15)16-12(11)9-14/h12H,4-9H2,1-3H3. The van der Waals surface area contributed by atoms with E-state index >= 15 is 0 Å². The normalized spacial score (nSPS) is 33.9. The van der Waals surface area contributed by atoms with Crippen LogP contribution in [0.2, 0.25) is 0 Å². The minimum absolute atomic E-state index is 0.0836. The van der Waals surface area contributed by atoms with Gasteiger partial charge in [0.05, 0.1) is 0 Å². The topological polar surface area (TPSA) is 26.3 Å². The largest absolute Gasteiger partial charge is 0.454 e. The molecule has 1 aliphatic heterocycles. The minimum Gasteiger partial charge on any atom is -0.454 e. The smallest absolute Gasteiger partial charge is 0.334 e. The van der Waals surface area contributed by atoms with Crippen LogP contribution < -0.4 is 0 Å². The summed E-state index contributed by atoms with van der Waals surface area (Å²) in [6.07, 6.45) is 7.21. The Bertz CT molecular complexity index is 330. The maximum atomic E-state index is 11.5. The van der Waals surface area contributed by atoms with Gasteiger partial charge >= 0.3 is 5.97 Å². The molecule has 2 rings (SSSR count). The first-order valence-electron chi connectivity index (χ1n) is 6.46. The van der Waals surface area contributed by atoms with E-state index in [0.717, 1.165) is 18.4 Å². The predicted octanol–water partition coefficient (Wildman–Crippen LogP) is 3.61. The Labute approximate surface area is 98.1 Å². The van der Waals surface area contributed by atoms with Crippen LogP contribution in [0.15, 0.2) is 11.1 Å². The Morgan fingerprint density at radius 1 is 1.50 bits per heavy atom. The molecule has 0 radical (unpaired) electrons. The molecule has 0 aromatic rings. The summed E-state index contributed by atoms with van der Waals surface area (Å²) in [6.45, 7) is 6.49. The molecule has 0 spiro atoms. The average molecular weight is 222 g/mol. The number of hydrogen-bond donors (Lipinski definition) is 0. The second kappa shape index (κ2) is 4.23. The zero-order chi connectivity index (χ0) is 11.8. The highest BCUT2D eigenvalue weighted by atomic mass is 16.5. The number of carbonyl (C=O) groups is 1. The molecule has 0 aromatic heterocycles. The second-order valence-electron chi connectivity index (χ2n) is 5.66. The van der Waals surface area contributed by atoms with Crippen molar-refractivity contribution in [1.29, 1.82) is 0 Å². The van der Waals surface area contributed by atoms with Crippen molar-refractivity contribution in [2.45, 2.75) is 65.4 Å². The van der Waals surface area contributed by atoms with E-state index in [0.29, 0.717) is 5.41 Å². The molecule has 2 atom stereocenters. The summed E-state index contributed by atoms with van der Waals surface area (Å²) < 4.78 is 5.44. The van der Waals surface area contributed by atoms with Gasteiger partial charge in [-0.25, -0.2) is 4.79 Å². The lowest BCUT2D eigenvalue weighted by molar-refractivity contribution is -0.141. The Morgan fingerprint density at radius 2 is 2.25 bits per heavy atom. The van der Waals surface area contributed by atoms with Crippen molar-refractivity contribution in [2.24, 2.45) is 5.41 Å². The molecule has 1 aliphatic carbocycles. The number of unbranched alkanes of at least 4 members (excludes halogenated alkanes) is 1. The van der Waals surface area contributed by atoms with E-state index in [9.17, 15) is 4.79 Å². The maximum absolute atomic E-state index is 11.5. The molecule has 90 valence electrons. The molecule has 1 heterocycles. The van der Waals surface area contributed by atoms with E-state index in [1.54, 1.807) is 0 Å². The first kappa shape index (κ1) is 11.7. The van der Waals surface area contributed by atoms with Crippen molar-refractivity contribution >= 4 is 5.97 Å². The van der Waals surface area contributed by atoms with Gasteiger partial charge in [0.15, 0.2) is 0 Å². The first-order valence-corrected chi connectivity index (χ1v) is 6.46. The van der Waals surface area contributed by atoms with E-state index in [4.69, 9.17) is 4.74 Å². The summed E-state index contributed by atoms with van der Waals surface area (Å²) in [6, 6.07) is 0. The number of rotatable bonds is 3. The van der Waals surface area contributed by atoms with Crippen LogP contribution in [0.3, 0.4) is 0 Å². The van der Waals surface area contributed by atoms with Gasteiger partial charge in [-0.15, -0.1) is 0 Å². The van der Waals surface area contributed by atoms with Gasteiger partial charge in [0.25, 0.3) is 0 Å². The maximum Gasteiger partial charge on any atom is 0.334 e.